The van der Waals surface area contributed by atoms with Gasteiger partial charge in [0.05, 0.1) is 0 Å². The van der Waals surface area contributed by atoms with Crippen molar-refractivity contribution in [3.05, 3.63) is 53.6 Å². The number of rotatable bonds is 4. The third-order valence-electron chi connectivity index (χ3n) is 3.79. The summed E-state index contributed by atoms with van der Waals surface area (Å²) < 4.78 is 10.7. The summed E-state index contributed by atoms with van der Waals surface area (Å²) in [5.41, 5.74) is 3.44. The first-order valence-corrected chi connectivity index (χ1v) is 8.06. The van der Waals surface area contributed by atoms with Crippen molar-refractivity contribution in [1.82, 2.24) is 4.90 Å². The van der Waals surface area contributed by atoms with Gasteiger partial charge in [-0.1, -0.05) is 25.1 Å². The predicted octanol–water partition coefficient (Wildman–Crippen LogP) is 3.81. The van der Waals surface area contributed by atoms with Crippen LogP contribution in [0, 0.1) is 0 Å². The Morgan fingerprint density at radius 2 is 1.96 bits per heavy atom. The zero-order valence-corrected chi connectivity index (χ0v) is 14.2. The topological polar surface area (TPSA) is 33.7 Å². The van der Waals surface area contributed by atoms with Crippen molar-refractivity contribution < 1.29 is 9.47 Å². The third-order valence-corrected chi connectivity index (χ3v) is 4.20. The number of thiocarbonyl (C=S) groups is 1. The molecule has 0 unspecified atom stereocenters. The molecule has 0 bridgehead atoms. The van der Waals surface area contributed by atoms with E-state index in [1.165, 1.54) is 5.56 Å². The Morgan fingerprint density at radius 3 is 2.78 bits per heavy atom. The van der Waals surface area contributed by atoms with Gasteiger partial charge in [0.2, 0.25) is 6.79 Å². The van der Waals surface area contributed by atoms with E-state index in [1.54, 1.807) is 0 Å². The molecule has 0 spiro atoms. The van der Waals surface area contributed by atoms with E-state index in [-0.39, 0.29) is 0 Å². The number of ether oxygens (including phenoxy) is 2. The van der Waals surface area contributed by atoms with Gasteiger partial charge in [-0.15, -0.1) is 0 Å². The number of aryl methyl sites for hydroxylation is 1. The summed E-state index contributed by atoms with van der Waals surface area (Å²) in [6.45, 7) is 3.14. The monoisotopic (exact) mass is 328 g/mol. The van der Waals surface area contributed by atoms with Gasteiger partial charge in [-0.2, -0.15) is 0 Å². The quantitative estimate of drug-likeness (QED) is 0.863. The Hall–Kier alpha value is -2.27. The van der Waals surface area contributed by atoms with E-state index in [9.17, 15) is 0 Å². The van der Waals surface area contributed by atoms with Crippen LogP contribution < -0.4 is 14.8 Å². The van der Waals surface area contributed by atoms with Crippen LogP contribution in [-0.2, 0) is 13.0 Å². The Balaban J connectivity index is 1.63. The lowest BCUT2D eigenvalue weighted by Gasteiger charge is -2.21. The number of hydrogen-bond acceptors (Lipinski definition) is 3. The fraction of sp³-hybridized carbons (Fsp3) is 0.278. The lowest BCUT2D eigenvalue weighted by molar-refractivity contribution is 0.174. The molecule has 4 nitrogen and oxygen atoms in total. The first-order valence-electron chi connectivity index (χ1n) is 7.65. The van der Waals surface area contributed by atoms with Gasteiger partial charge in [-0.05, 0) is 54.0 Å². The second kappa shape index (κ2) is 6.87. The maximum atomic E-state index is 5.50. The van der Waals surface area contributed by atoms with E-state index >= 15 is 0 Å². The fourth-order valence-corrected chi connectivity index (χ4v) is 2.66. The van der Waals surface area contributed by atoms with Crippen molar-refractivity contribution in [2.75, 3.05) is 19.2 Å². The second-order valence-electron chi connectivity index (χ2n) is 5.53. The molecule has 2 aromatic carbocycles. The maximum Gasteiger partial charge on any atom is 0.231 e. The van der Waals surface area contributed by atoms with Crippen LogP contribution in [0.3, 0.4) is 0 Å². The van der Waals surface area contributed by atoms with Crippen molar-refractivity contribution >= 4 is 23.0 Å². The molecule has 120 valence electrons. The van der Waals surface area contributed by atoms with Gasteiger partial charge in [0.15, 0.2) is 16.6 Å². The molecule has 0 radical (unpaired) electrons. The third kappa shape index (κ3) is 3.74. The van der Waals surface area contributed by atoms with Crippen molar-refractivity contribution in [3.63, 3.8) is 0 Å². The van der Waals surface area contributed by atoms with Crippen molar-refractivity contribution in [2.45, 2.75) is 19.9 Å². The van der Waals surface area contributed by atoms with Gasteiger partial charge in [0, 0.05) is 19.3 Å². The van der Waals surface area contributed by atoms with Crippen LogP contribution in [0.25, 0.3) is 0 Å². The first kappa shape index (κ1) is 15.6. The van der Waals surface area contributed by atoms with Gasteiger partial charge >= 0.3 is 0 Å². The minimum absolute atomic E-state index is 0.294. The van der Waals surface area contributed by atoms with Crippen molar-refractivity contribution in [1.29, 1.82) is 0 Å². The van der Waals surface area contributed by atoms with E-state index in [4.69, 9.17) is 21.7 Å². The van der Waals surface area contributed by atoms with E-state index in [0.717, 1.165) is 29.2 Å². The van der Waals surface area contributed by atoms with Crippen LogP contribution in [0.5, 0.6) is 11.5 Å². The standard InChI is InChI=1S/C18H20N2O2S/c1-3-13-5-4-6-15(9-13)19-18(23)20(2)11-14-7-8-16-17(10-14)22-12-21-16/h4-10H,3,11-12H2,1-2H3,(H,19,23). The molecular formula is C18H20N2O2S. The second-order valence-corrected chi connectivity index (χ2v) is 5.91. The Kier molecular flexibility index (Phi) is 4.67. The molecule has 23 heavy (non-hydrogen) atoms. The van der Waals surface area contributed by atoms with Crippen molar-refractivity contribution in [2.24, 2.45) is 0 Å². The van der Waals surface area contributed by atoms with Crippen LogP contribution in [0.2, 0.25) is 0 Å². The average molecular weight is 328 g/mol. The lowest BCUT2D eigenvalue weighted by Crippen LogP contribution is -2.30. The molecule has 5 heteroatoms. The molecule has 0 aromatic heterocycles. The molecule has 3 rings (SSSR count). The largest absolute Gasteiger partial charge is 0.454 e. The Bertz CT molecular complexity index is 718. The average Bonchev–Trinajstić information content (AvgIpc) is 3.02. The molecule has 0 atom stereocenters. The number of anilines is 1. The highest BCUT2D eigenvalue weighted by molar-refractivity contribution is 7.80. The Morgan fingerprint density at radius 1 is 1.13 bits per heavy atom. The first-order chi connectivity index (χ1) is 11.2. The van der Waals surface area contributed by atoms with Crippen LogP contribution >= 0.6 is 12.2 Å². The maximum absolute atomic E-state index is 5.50. The van der Waals surface area contributed by atoms with Crippen LogP contribution in [0.1, 0.15) is 18.1 Å². The number of nitrogens with zero attached hydrogens (tertiary/aromatic N) is 1. The lowest BCUT2D eigenvalue weighted by atomic mass is 10.1. The smallest absolute Gasteiger partial charge is 0.231 e. The summed E-state index contributed by atoms with van der Waals surface area (Å²) >= 11 is 5.50. The van der Waals surface area contributed by atoms with Gasteiger partial charge < -0.3 is 19.7 Å². The minimum atomic E-state index is 0.294. The van der Waals surface area contributed by atoms with Gasteiger partial charge in [-0.3, -0.25) is 0 Å². The van der Waals surface area contributed by atoms with E-state index in [2.05, 4.69) is 24.4 Å². The van der Waals surface area contributed by atoms with Crippen molar-refractivity contribution in [3.8, 4) is 11.5 Å². The van der Waals surface area contributed by atoms with Crippen LogP contribution in [-0.4, -0.2) is 23.9 Å². The Labute approximate surface area is 142 Å². The molecule has 0 amide bonds. The zero-order valence-electron chi connectivity index (χ0n) is 13.3. The molecule has 0 saturated heterocycles. The summed E-state index contributed by atoms with van der Waals surface area (Å²) in [5.74, 6) is 1.60. The number of fused-ring (bicyclic) bond motifs is 1. The molecule has 0 aliphatic carbocycles. The molecule has 1 aliphatic rings. The molecule has 2 aromatic rings. The number of hydrogen-bond donors (Lipinski definition) is 1. The SMILES string of the molecule is CCc1cccc(NC(=S)N(C)Cc2ccc3c(c2)OCO3)c1. The molecular weight excluding hydrogens is 308 g/mol. The minimum Gasteiger partial charge on any atom is -0.454 e. The summed E-state index contributed by atoms with van der Waals surface area (Å²) in [5, 5.41) is 3.98. The summed E-state index contributed by atoms with van der Waals surface area (Å²) in [4.78, 5) is 2.01. The van der Waals surface area contributed by atoms with Gasteiger partial charge in [0.25, 0.3) is 0 Å². The van der Waals surface area contributed by atoms with Gasteiger partial charge in [-0.25, -0.2) is 0 Å². The van der Waals surface area contributed by atoms with E-state index in [0.29, 0.717) is 18.5 Å². The molecule has 0 saturated carbocycles. The van der Waals surface area contributed by atoms with Crippen LogP contribution in [0.15, 0.2) is 42.5 Å². The highest BCUT2D eigenvalue weighted by atomic mass is 32.1. The molecule has 1 heterocycles. The molecule has 1 N–H and O–H groups in total. The number of benzene rings is 2. The van der Waals surface area contributed by atoms with E-state index < -0.39 is 0 Å². The summed E-state index contributed by atoms with van der Waals surface area (Å²) in [6, 6.07) is 14.3. The normalized spacial score (nSPS) is 12.1. The van der Waals surface area contributed by atoms with Crippen LogP contribution in [0.4, 0.5) is 5.69 Å². The number of nitrogens with one attached hydrogen (secondary N) is 1. The highest BCUT2D eigenvalue weighted by Crippen LogP contribution is 2.32. The molecule has 0 fully saturated rings. The van der Waals surface area contributed by atoms with E-state index in [1.807, 2.05) is 42.3 Å². The summed E-state index contributed by atoms with van der Waals surface area (Å²) in [6.07, 6.45) is 1.01. The van der Waals surface area contributed by atoms with Gasteiger partial charge in [0.1, 0.15) is 0 Å². The predicted molar refractivity (Wildman–Crippen MR) is 96.1 cm³/mol. The molecule has 1 aliphatic heterocycles. The fourth-order valence-electron chi connectivity index (χ4n) is 2.47. The summed E-state index contributed by atoms with van der Waals surface area (Å²) in [7, 11) is 1.98. The highest BCUT2D eigenvalue weighted by Gasteiger charge is 2.14. The zero-order chi connectivity index (χ0) is 16.2.